The predicted octanol–water partition coefficient (Wildman–Crippen LogP) is 2.43. The van der Waals surface area contributed by atoms with Crippen molar-refractivity contribution >= 4 is 15.9 Å². The third-order valence-corrected chi connectivity index (χ3v) is 4.18. The molecule has 0 radical (unpaired) electrons. The molecule has 0 bridgehead atoms. The number of alkyl halides is 1. The van der Waals surface area contributed by atoms with E-state index in [1.807, 2.05) is 0 Å². The molecule has 2 heterocycles. The Hall–Kier alpha value is 0.360. The lowest BCUT2D eigenvalue weighted by atomic mass is 10.0. The summed E-state index contributed by atoms with van der Waals surface area (Å²) in [7, 11) is 0. The summed E-state index contributed by atoms with van der Waals surface area (Å²) in [6, 6.07) is 0. The first-order valence-corrected chi connectivity index (χ1v) is 7.79. The molecule has 2 atom stereocenters. The number of morpholine rings is 1. The molecule has 100 valence electrons. The van der Waals surface area contributed by atoms with Crippen LogP contribution in [0.3, 0.4) is 0 Å². The van der Waals surface area contributed by atoms with Crippen LogP contribution in [0.4, 0.5) is 0 Å². The van der Waals surface area contributed by atoms with E-state index in [0.717, 1.165) is 31.6 Å². The summed E-state index contributed by atoms with van der Waals surface area (Å²) >= 11 is 3.53. The van der Waals surface area contributed by atoms with Crippen LogP contribution in [-0.4, -0.2) is 54.3 Å². The van der Waals surface area contributed by atoms with E-state index in [1.54, 1.807) is 0 Å². The highest BCUT2D eigenvalue weighted by molar-refractivity contribution is 9.09. The minimum absolute atomic E-state index is 0.0364. The molecule has 2 aliphatic heterocycles. The molecule has 0 aromatic rings. The van der Waals surface area contributed by atoms with Gasteiger partial charge in [-0.05, 0) is 33.1 Å². The molecular formula is C13H24BrNO2. The van der Waals surface area contributed by atoms with Crippen molar-refractivity contribution in [2.75, 3.05) is 31.6 Å². The van der Waals surface area contributed by atoms with Crippen LogP contribution in [0.5, 0.6) is 0 Å². The molecule has 2 rings (SSSR count). The molecule has 2 fully saturated rings. The maximum absolute atomic E-state index is 6.01. The Morgan fingerprint density at radius 1 is 1.29 bits per heavy atom. The van der Waals surface area contributed by atoms with E-state index < -0.39 is 0 Å². The van der Waals surface area contributed by atoms with Crippen LogP contribution in [0.15, 0.2) is 0 Å². The van der Waals surface area contributed by atoms with Crippen molar-refractivity contribution in [2.45, 2.75) is 50.9 Å². The fourth-order valence-corrected chi connectivity index (χ4v) is 3.21. The SMILES string of the molecule is CC1(C)CN(CC2CCCCO2)CC(CBr)O1. The van der Waals surface area contributed by atoms with Gasteiger partial charge in [0.1, 0.15) is 0 Å². The van der Waals surface area contributed by atoms with E-state index in [2.05, 4.69) is 34.7 Å². The third-order valence-electron chi connectivity index (χ3n) is 3.46. The van der Waals surface area contributed by atoms with E-state index in [1.165, 1.54) is 19.3 Å². The molecule has 0 aliphatic carbocycles. The lowest BCUT2D eigenvalue weighted by Crippen LogP contribution is -2.55. The van der Waals surface area contributed by atoms with Gasteiger partial charge < -0.3 is 9.47 Å². The maximum atomic E-state index is 6.01. The molecule has 0 aromatic heterocycles. The summed E-state index contributed by atoms with van der Waals surface area (Å²) < 4.78 is 11.8. The average Bonchev–Trinajstić information content (AvgIpc) is 2.28. The molecule has 2 aliphatic rings. The van der Waals surface area contributed by atoms with Gasteiger partial charge in [-0.2, -0.15) is 0 Å². The minimum atomic E-state index is -0.0364. The topological polar surface area (TPSA) is 21.7 Å². The zero-order valence-electron chi connectivity index (χ0n) is 11.0. The zero-order chi connectivity index (χ0) is 12.3. The molecule has 0 aromatic carbocycles. The lowest BCUT2D eigenvalue weighted by molar-refractivity contribution is -0.136. The number of ether oxygens (including phenoxy) is 2. The highest BCUT2D eigenvalue weighted by Crippen LogP contribution is 2.23. The maximum Gasteiger partial charge on any atom is 0.0806 e. The number of hydrogen-bond donors (Lipinski definition) is 0. The summed E-state index contributed by atoms with van der Waals surface area (Å²) in [5.41, 5.74) is -0.0364. The number of hydrogen-bond acceptors (Lipinski definition) is 3. The number of halogens is 1. The summed E-state index contributed by atoms with van der Waals surface area (Å²) in [6.45, 7) is 8.40. The average molecular weight is 306 g/mol. The van der Waals surface area contributed by atoms with Gasteiger partial charge in [0.25, 0.3) is 0 Å². The van der Waals surface area contributed by atoms with Gasteiger partial charge in [-0.25, -0.2) is 0 Å². The third kappa shape index (κ3) is 4.19. The fraction of sp³-hybridized carbons (Fsp3) is 1.00. The highest BCUT2D eigenvalue weighted by atomic mass is 79.9. The quantitative estimate of drug-likeness (QED) is 0.748. The Bertz CT molecular complexity index is 242. The first-order chi connectivity index (χ1) is 8.09. The number of rotatable bonds is 3. The van der Waals surface area contributed by atoms with Crippen molar-refractivity contribution in [3.05, 3.63) is 0 Å². The van der Waals surface area contributed by atoms with Crippen LogP contribution in [-0.2, 0) is 9.47 Å². The van der Waals surface area contributed by atoms with Crippen molar-refractivity contribution in [1.29, 1.82) is 0 Å². The van der Waals surface area contributed by atoms with Crippen molar-refractivity contribution in [2.24, 2.45) is 0 Å². The van der Waals surface area contributed by atoms with Crippen LogP contribution < -0.4 is 0 Å². The molecule has 17 heavy (non-hydrogen) atoms. The Morgan fingerprint density at radius 3 is 2.76 bits per heavy atom. The van der Waals surface area contributed by atoms with Gasteiger partial charge in [0, 0.05) is 31.6 Å². The van der Waals surface area contributed by atoms with E-state index in [-0.39, 0.29) is 5.60 Å². The first-order valence-electron chi connectivity index (χ1n) is 6.67. The second-order valence-electron chi connectivity index (χ2n) is 5.84. The van der Waals surface area contributed by atoms with Gasteiger partial charge >= 0.3 is 0 Å². The van der Waals surface area contributed by atoms with E-state index >= 15 is 0 Å². The van der Waals surface area contributed by atoms with Gasteiger partial charge in [0.2, 0.25) is 0 Å². The van der Waals surface area contributed by atoms with Crippen molar-refractivity contribution in [3.8, 4) is 0 Å². The number of nitrogens with zero attached hydrogens (tertiary/aromatic N) is 1. The van der Waals surface area contributed by atoms with E-state index in [0.29, 0.717) is 12.2 Å². The van der Waals surface area contributed by atoms with E-state index in [9.17, 15) is 0 Å². The molecule has 3 nitrogen and oxygen atoms in total. The fourth-order valence-electron chi connectivity index (χ4n) is 2.88. The molecule has 0 saturated carbocycles. The minimum Gasteiger partial charge on any atom is -0.377 e. The van der Waals surface area contributed by atoms with Crippen molar-refractivity contribution in [1.82, 2.24) is 4.90 Å². The van der Waals surface area contributed by atoms with Crippen LogP contribution in [0.2, 0.25) is 0 Å². The highest BCUT2D eigenvalue weighted by Gasteiger charge is 2.33. The Labute approximate surface area is 113 Å². The van der Waals surface area contributed by atoms with Gasteiger partial charge in [-0.15, -0.1) is 0 Å². The summed E-state index contributed by atoms with van der Waals surface area (Å²) in [4.78, 5) is 2.51. The van der Waals surface area contributed by atoms with Crippen LogP contribution >= 0.6 is 15.9 Å². The molecule has 2 unspecified atom stereocenters. The van der Waals surface area contributed by atoms with Gasteiger partial charge in [-0.1, -0.05) is 15.9 Å². The van der Waals surface area contributed by atoms with Gasteiger partial charge in [-0.3, -0.25) is 4.90 Å². The van der Waals surface area contributed by atoms with Gasteiger partial charge in [0.05, 0.1) is 17.8 Å². The normalized spacial score (nSPS) is 34.8. The van der Waals surface area contributed by atoms with Crippen LogP contribution in [0.1, 0.15) is 33.1 Å². The van der Waals surface area contributed by atoms with E-state index in [4.69, 9.17) is 9.47 Å². The second-order valence-corrected chi connectivity index (χ2v) is 6.48. The van der Waals surface area contributed by atoms with Crippen LogP contribution in [0, 0.1) is 0 Å². The molecule has 0 amide bonds. The summed E-state index contributed by atoms with van der Waals surface area (Å²) in [6.07, 6.45) is 4.52. The molecule has 4 heteroatoms. The smallest absolute Gasteiger partial charge is 0.0806 e. The lowest BCUT2D eigenvalue weighted by Gasteiger charge is -2.43. The monoisotopic (exact) mass is 305 g/mol. The molecule has 0 N–H and O–H groups in total. The Kier molecular flexibility index (Phi) is 4.87. The predicted molar refractivity (Wildman–Crippen MR) is 72.8 cm³/mol. The molecule has 0 spiro atoms. The first kappa shape index (κ1) is 13.8. The Balaban J connectivity index is 1.86. The summed E-state index contributed by atoms with van der Waals surface area (Å²) in [5.74, 6) is 0. The van der Waals surface area contributed by atoms with Crippen molar-refractivity contribution in [3.63, 3.8) is 0 Å². The van der Waals surface area contributed by atoms with Crippen LogP contribution in [0.25, 0.3) is 0 Å². The second kappa shape index (κ2) is 6.00. The molecular weight excluding hydrogens is 282 g/mol. The molecule has 2 saturated heterocycles. The standard InChI is InChI=1S/C13H24BrNO2/c1-13(2)10-15(9-12(7-14)17-13)8-11-5-3-4-6-16-11/h11-12H,3-10H2,1-2H3. The van der Waals surface area contributed by atoms with Crippen molar-refractivity contribution < 1.29 is 9.47 Å². The summed E-state index contributed by atoms with van der Waals surface area (Å²) in [5, 5.41) is 0.915. The zero-order valence-corrected chi connectivity index (χ0v) is 12.5. The van der Waals surface area contributed by atoms with Gasteiger partial charge in [0.15, 0.2) is 0 Å². The Morgan fingerprint density at radius 2 is 2.12 bits per heavy atom. The largest absolute Gasteiger partial charge is 0.377 e.